The molecule has 0 bridgehead atoms. The lowest BCUT2D eigenvalue weighted by atomic mass is 10.3. The first-order valence-corrected chi connectivity index (χ1v) is 4.00. The Balaban J connectivity index is -0.000000720. The normalized spacial score (nSPS) is 8.07. The summed E-state index contributed by atoms with van der Waals surface area (Å²) in [5, 5.41) is 0. The molecule has 0 aromatic heterocycles. The lowest BCUT2D eigenvalue weighted by Crippen LogP contribution is -2.13. The minimum absolute atomic E-state index is 0. The van der Waals surface area contributed by atoms with E-state index in [0.717, 1.165) is 0 Å². The topological polar surface area (TPSA) is 52.6 Å². The van der Waals surface area contributed by atoms with E-state index in [1.807, 2.05) is 0 Å². The zero-order valence-electron chi connectivity index (χ0n) is 7.75. The molecule has 0 unspecified atom stereocenters. The van der Waals surface area contributed by atoms with Crippen molar-refractivity contribution in [1.29, 1.82) is 0 Å². The molecule has 0 aliphatic carbocycles. The third kappa shape index (κ3) is 15.6. The van der Waals surface area contributed by atoms with Crippen molar-refractivity contribution in [3.8, 4) is 0 Å². The van der Waals surface area contributed by atoms with Gasteiger partial charge in [-0.2, -0.15) is 0 Å². The van der Waals surface area contributed by atoms with E-state index in [4.69, 9.17) is 4.74 Å². The van der Waals surface area contributed by atoms with Crippen LogP contribution in [0.15, 0.2) is 12.7 Å². The molecule has 0 radical (unpaired) electrons. The highest BCUT2D eigenvalue weighted by Gasteiger charge is 2.05. The minimum Gasteiger partial charge on any atom is -0.463 e. The molecule has 0 heterocycles. The van der Waals surface area contributed by atoms with Gasteiger partial charge in [-0.3, -0.25) is 9.59 Å². The Morgan fingerprint density at radius 3 is 2.33 bits per heavy atom. The van der Waals surface area contributed by atoms with Crippen molar-refractivity contribution >= 4 is 11.8 Å². The number of ketones is 1. The molecule has 0 aromatic carbocycles. The average molecular weight is 218 g/mol. The number of Topliss-reactive ketones (excluding diaryl/α,β-unsaturated/α-hetero) is 1. The van der Waals surface area contributed by atoms with Crippen LogP contribution in [0.4, 0.5) is 0 Å². The highest BCUT2D eigenvalue weighted by atomic mass is 16.6. The third-order valence-electron chi connectivity index (χ3n) is 1.12. The number of hydrogen-bond donors (Lipinski definition) is 0. The van der Waals surface area contributed by atoms with Gasteiger partial charge in [0.15, 0.2) is 0 Å². The highest BCUT2D eigenvalue weighted by molar-refractivity contribution is 5.94. The third-order valence-corrected chi connectivity index (χ3v) is 1.12. The molecule has 0 aliphatic heterocycles. The number of ether oxygens (including phenoxy) is 2. The largest absolute Gasteiger partial charge is 0.463 e. The Labute approximate surface area is 92.3 Å². The molecule has 0 saturated heterocycles. The fraction of sp³-hybridized carbons (Fsp3) is 0.636. The molecule has 0 N–H and O–H groups in total. The van der Waals surface area contributed by atoms with Gasteiger partial charge in [0.25, 0.3) is 0 Å². The molecule has 0 aliphatic rings. The van der Waals surface area contributed by atoms with Crippen LogP contribution >= 0.6 is 0 Å². The Kier molecular flexibility index (Phi) is 16.6. The molecular weight excluding hydrogens is 196 g/mol. The Morgan fingerprint density at radius 1 is 1.27 bits per heavy atom. The summed E-state index contributed by atoms with van der Waals surface area (Å²) in [4.78, 5) is 21.2. The molecule has 4 nitrogen and oxygen atoms in total. The second-order valence-electron chi connectivity index (χ2n) is 2.46. The second kappa shape index (κ2) is 12.8. The van der Waals surface area contributed by atoms with E-state index < -0.39 is 5.97 Å². The van der Waals surface area contributed by atoms with Gasteiger partial charge in [-0.05, 0) is 6.92 Å². The molecule has 0 rings (SSSR count). The highest BCUT2D eigenvalue weighted by Crippen LogP contribution is 1.88. The minimum atomic E-state index is -0.505. The number of hydrogen-bond acceptors (Lipinski definition) is 4. The zero-order chi connectivity index (χ0) is 10.1. The lowest BCUT2D eigenvalue weighted by Gasteiger charge is -2.02. The average Bonchev–Trinajstić information content (AvgIpc) is 2.02. The fourth-order valence-corrected chi connectivity index (χ4v) is 0.635. The standard InChI is InChI=1S/C9H14O4.2CH4/c1-3-4-12-5-6-13-9(11)7-8(2)10;;/h3H,1,4-7H2,2H3;2*1H4. The SMILES string of the molecule is C.C.C=CCOCCOC(=O)CC(C)=O. The first-order valence-electron chi connectivity index (χ1n) is 4.00. The van der Waals surface area contributed by atoms with E-state index in [-0.39, 0.29) is 33.7 Å². The smallest absolute Gasteiger partial charge is 0.313 e. The van der Waals surface area contributed by atoms with Gasteiger partial charge >= 0.3 is 5.97 Å². The van der Waals surface area contributed by atoms with E-state index in [2.05, 4.69) is 11.3 Å². The molecule has 0 spiro atoms. The molecule has 0 fully saturated rings. The Hall–Kier alpha value is -1.16. The first-order chi connectivity index (χ1) is 6.16. The van der Waals surface area contributed by atoms with Gasteiger partial charge in [0.05, 0.1) is 13.2 Å². The number of esters is 1. The molecule has 4 heteroatoms. The summed E-state index contributed by atoms with van der Waals surface area (Å²) in [5.74, 6) is -0.702. The maximum atomic E-state index is 10.8. The summed E-state index contributed by atoms with van der Waals surface area (Å²) in [6.07, 6.45) is 1.44. The van der Waals surface area contributed by atoms with Crippen LogP contribution in [0.1, 0.15) is 28.2 Å². The van der Waals surface area contributed by atoms with Gasteiger partial charge in [0.2, 0.25) is 0 Å². The molecule has 0 atom stereocenters. The fourth-order valence-electron chi connectivity index (χ4n) is 0.635. The van der Waals surface area contributed by atoms with E-state index >= 15 is 0 Å². The van der Waals surface area contributed by atoms with Crippen LogP contribution in [-0.2, 0) is 19.1 Å². The van der Waals surface area contributed by atoms with E-state index in [0.29, 0.717) is 13.2 Å². The van der Waals surface area contributed by atoms with Gasteiger partial charge in [-0.15, -0.1) is 6.58 Å². The van der Waals surface area contributed by atoms with E-state index in [1.54, 1.807) is 6.08 Å². The van der Waals surface area contributed by atoms with Crippen molar-refractivity contribution in [2.24, 2.45) is 0 Å². The van der Waals surface area contributed by atoms with Crippen LogP contribution < -0.4 is 0 Å². The lowest BCUT2D eigenvalue weighted by molar-refractivity contribution is -0.147. The maximum absolute atomic E-state index is 10.8. The van der Waals surface area contributed by atoms with Crippen LogP contribution in [0.25, 0.3) is 0 Å². The molecule has 0 aromatic rings. The van der Waals surface area contributed by atoms with Crippen molar-refractivity contribution in [1.82, 2.24) is 0 Å². The van der Waals surface area contributed by atoms with Crippen LogP contribution in [0, 0.1) is 0 Å². The summed E-state index contributed by atoms with van der Waals surface area (Å²) in [6, 6.07) is 0. The number of rotatable bonds is 7. The van der Waals surface area contributed by atoms with Gasteiger partial charge in [0, 0.05) is 0 Å². The van der Waals surface area contributed by atoms with Gasteiger partial charge in [0.1, 0.15) is 18.8 Å². The van der Waals surface area contributed by atoms with Crippen molar-refractivity contribution in [3.05, 3.63) is 12.7 Å². The predicted octanol–water partition coefficient (Wildman–Crippen LogP) is 1.98. The Bertz CT molecular complexity index is 187. The van der Waals surface area contributed by atoms with E-state index in [9.17, 15) is 9.59 Å². The summed E-state index contributed by atoms with van der Waals surface area (Å²) in [7, 11) is 0. The van der Waals surface area contributed by atoms with Crippen LogP contribution in [0.3, 0.4) is 0 Å². The molecule has 15 heavy (non-hydrogen) atoms. The molecule has 0 amide bonds. The second-order valence-corrected chi connectivity index (χ2v) is 2.46. The van der Waals surface area contributed by atoms with Gasteiger partial charge < -0.3 is 9.47 Å². The summed E-state index contributed by atoms with van der Waals surface area (Å²) < 4.78 is 9.64. The summed E-state index contributed by atoms with van der Waals surface area (Å²) >= 11 is 0. The van der Waals surface area contributed by atoms with E-state index in [1.165, 1.54) is 6.92 Å². The number of carbonyl (C=O) groups is 2. The number of carbonyl (C=O) groups excluding carboxylic acids is 2. The van der Waals surface area contributed by atoms with Crippen molar-refractivity contribution < 1.29 is 19.1 Å². The Morgan fingerprint density at radius 2 is 1.87 bits per heavy atom. The monoisotopic (exact) mass is 218 g/mol. The summed E-state index contributed by atoms with van der Waals surface area (Å²) in [5.41, 5.74) is 0. The van der Waals surface area contributed by atoms with Gasteiger partial charge in [-0.25, -0.2) is 0 Å². The summed E-state index contributed by atoms with van der Waals surface area (Å²) in [6.45, 7) is 5.74. The molecular formula is C11H22O4. The molecule has 0 saturated carbocycles. The molecule has 90 valence electrons. The van der Waals surface area contributed by atoms with Crippen molar-refractivity contribution in [2.45, 2.75) is 28.2 Å². The predicted molar refractivity (Wildman–Crippen MR) is 60.7 cm³/mol. The van der Waals surface area contributed by atoms with Crippen LogP contribution in [-0.4, -0.2) is 31.6 Å². The van der Waals surface area contributed by atoms with Crippen LogP contribution in [0.5, 0.6) is 0 Å². The first kappa shape index (κ1) is 19.4. The zero-order valence-corrected chi connectivity index (χ0v) is 7.75. The van der Waals surface area contributed by atoms with Crippen molar-refractivity contribution in [3.63, 3.8) is 0 Å². The van der Waals surface area contributed by atoms with Gasteiger partial charge in [-0.1, -0.05) is 20.9 Å². The van der Waals surface area contributed by atoms with Crippen molar-refractivity contribution in [2.75, 3.05) is 19.8 Å². The van der Waals surface area contributed by atoms with Crippen LogP contribution in [0.2, 0.25) is 0 Å². The quantitative estimate of drug-likeness (QED) is 0.284. The maximum Gasteiger partial charge on any atom is 0.313 e.